The number of carbonyl (C=O) groups is 2. The van der Waals surface area contributed by atoms with Gasteiger partial charge in [0.25, 0.3) is 11.1 Å². The molecule has 2 heterocycles. The molecule has 0 bridgehead atoms. The van der Waals surface area contributed by atoms with Crippen LogP contribution in [0.3, 0.4) is 0 Å². The summed E-state index contributed by atoms with van der Waals surface area (Å²) in [5.74, 6) is 3.28. The summed E-state index contributed by atoms with van der Waals surface area (Å²) >= 11 is 0.847. The number of rotatable bonds is 8. The second-order valence-corrected chi connectivity index (χ2v) is 6.59. The Morgan fingerprint density at radius 3 is 2.89 bits per heavy atom. The fourth-order valence-corrected chi connectivity index (χ4v) is 2.88. The summed E-state index contributed by atoms with van der Waals surface area (Å²) in [6, 6.07) is 5.74. The number of nitrogens with zero attached hydrogens (tertiary/aromatic N) is 2. The maximum atomic E-state index is 11.6. The molecule has 0 aromatic carbocycles. The summed E-state index contributed by atoms with van der Waals surface area (Å²) in [5.41, 5.74) is 0. The Hall–Kier alpha value is -2.98. The molecule has 0 saturated carbocycles. The van der Waals surface area contributed by atoms with Crippen molar-refractivity contribution in [3.63, 3.8) is 0 Å². The van der Waals surface area contributed by atoms with Crippen LogP contribution >= 0.6 is 11.8 Å². The zero-order valence-corrected chi connectivity index (χ0v) is 16.0. The number of hydrogen-bond acceptors (Lipinski definition) is 6. The van der Waals surface area contributed by atoms with Crippen molar-refractivity contribution in [1.29, 1.82) is 0 Å². The van der Waals surface area contributed by atoms with E-state index in [0.29, 0.717) is 23.8 Å². The third-order valence-electron chi connectivity index (χ3n) is 3.65. The number of terminal acetylenes is 1. The van der Waals surface area contributed by atoms with Gasteiger partial charge < -0.3 is 9.64 Å². The molecule has 140 valence electrons. The van der Waals surface area contributed by atoms with Crippen LogP contribution in [0.5, 0.6) is 0 Å². The van der Waals surface area contributed by atoms with Gasteiger partial charge in [-0.1, -0.05) is 18.1 Å². The molecule has 0 aliphatic carbocycles. The fraction of sp³-hybridized carbons (Fsp3) is 0.250. The molecule has 1 unspecified atom stereocenters. The molecule has 0 spiro atoms. The number of ether oxygens (including phenoxy) is 1. The molecule has 6 nitrogen and oxygen atoms in total. The lowest BCUT2D eigenvalue weighted by Gasteiger charge is -2.18. The predicted octanol–water partition coefficient (Wildman–Crippen LogP) is 3.11. The average Bonchev–Trinajstić information content (AvgIpc) is 3.00. The standard InChI is InChI=1S/C20H21N3O3S/c1-4-15(14-17-19(24)22-20(25)27-17)9-10-16(5-2)26-13-12-23(3)18-8-6-7-11-21-18/h1,5-11,14-15H,12-13H2,2-3H3,(H,22,24,25)/b10-9-,16-5+,17-14+. The van der Waals surface area contributed by atoms with E-state index in [1.165, 1.54) is 0 Å². The molecule has 1 aliphatic heterocycles. The molecule has 2 rings (SSSR count). The van der Waals surface area contributed by atoms with Crippen LogP contribution in [-0.2, 0) is 9.53 Å². The molecule has 1 aliphatic rings. The number of thioether (sulfide) groups is 1. The number of carbonyl (C=O) groups excluding carboxylic acids is 2. The van der Waals surface area contributed by atoms with Gasteiger partial charge in [-0.15, -0.1) is 6.42 Å². The highest BCUT2D eigenvalue weighted by Crippen LogP contribution is 2.25. The third kappa shape index (κ3) is 6.35. The van der Waals surface area contributed by atoms with Crippen molar-refractivity contribution in [2.24, 2.45) is 5.92 Å². The van der Waals surface area contributed by atoms with E-state index in [1.54, 1.807) is 24.4 Å². The minimum atomic E-state index is -0.418. The first-order chi connectivity index (χ1) is 13.0. The summed E-state index contributed by atoms with van der Waals surface area (Å²) in [5, 5.41) is 1.81. The predicted molar refractivity (Wildman–Crippen MR) is 108 cm³/mol. The molecular weight excluding hydrogens is 362 g/mol. The Morgan fingerprint density at radius 1 is 1.48 bits per heavy atom. The Balaban J connectivity index is 1.88. The zero-order chi connectivity index (χ0) is 19.6. The molecule has 1 N–H and O–H groups in total. The number of likely N-dealkylation sites (N-methyl/N-ethyl adjacent to an activating group) is 1. The van der Waals surface area contributed by atoms with Crippen molar-refractivity contribution in [3.8, 4) is 12.3 Å². The van der Waals surface area contributed by atoms with Crippen LogP contribution in [0.2, 0.25) is 0 Å². The number of hydrogen-bond donors (Lipinski definition) is 1. The van der Waals surface area contributed by atoms with Gasteiger partial charge >= 0.3 is 0 Å². The summed E-state index contributed by atoms with van der Waals surface area (Å²) in [4.78, 5) is 29.4. The van der Waals surface area contributed by atoms with Gasteiger partial charge in [-0.05, 0) is 49.0 Å². The monoisotopic (exact) mass is 383 g/mol. The lowest BCUT2D eigenvalue weighted by atomic mass is 10.1. The van der Waals surface area contributed by atoms with Crippen molar-refractivity contribution < 1.29 is 14.3 Å². The lowest BCUT2D eigenvalue weighted by Crippen LogP contribution is -2.23. The number of imide groups is 1. The number of amides is 2. The molecule has 7 heteroatoms. The number of allylic oxidation sites excluding steroid dienone is 4. The Bertz CT molecular complexity index is 810. The first-order valence-electron chi connectivity index (χ1n) is 8.34. The van der Waals surface area contributed by atoms with Crippen LogP contribution in [0.25, 0.3) is 0 Å². The van der Waals surface area contributed by atoms with E-state index in [1.807, 2.05) is 43.1 Å². The highest BCUT2D eigenvalue weighted by Gasteiger charge is 2.25. The van der Waals surface area contributed by atoms with E-state index in [0.717, 1.165) is 17.6 Å². The number of anilines is 1. The quantitative estimate of drug-likeness (QED) is 0.322. The first kappa shape index (κ1) is 20.3. The van der Waals surface area contributed by atoms with Crippen molar-refractivity contribution in [3.05, 3.63) is 59.4 Å². The maximum absolute atomic E-state index is 11.6. The molecule has 1 atom stereocenters. The van der Waals surface area contributed by atoms with E-state index in [4.69, 9.17) is 11.2 Å². The number of pyridine rings is 1. The van der Waals surface area contributed by atoms with E-state index in [9.17, 15) is 9.59 Å². The van der Waals surface area contributed by atoms with Gasteiger partial charge in [-0.25, -0.2) is 4.98 Å². The fourth-order valence-electron chi connectivity index (χ4n) is 2.18. The molecule has 27 heavy (non-hydrogen) atoms. The van der Waals surface area contributed by atoms with Crippen molar-refractivity contribution in [1.82, 2.24) is 10.3 Å². The molecule has 1 aromatic heterocycles. The lowest BCUT2D eigenvalue weighted by molar-refractivity contribution is -0.115. The van der Waals surface area contributed by atoms with Crippen LogP contribution in [0, 0.1) is 18.3 Å². The van der Waals surface area contributed by atoms with Gasteiger partial charge in [-0.3, -0.25) is 14.9 Å². The number of nitrogens with one attached hydrogen (secondary N) is 1. The van der Waals surface area contributed by atoms with Crippen molar-refractivity contribution >= 4 is 28.7 Å². The third-order valence-corrected chi connectivity index (χ3v) is 4.48. The topological polar surface area (TPSA) is 71.5 Å². The van der Waals surface area contributed by atoms with Gasteiger partial charge in [0.15, 0.2) is 0 Å². The van der Waals surface area contributed by atoms with E-state index in [2.05, 4.69) is 16.2 Å². The summed E-state index contributed by atoms with van der Waals surface area (Å²) in [7, 11) is 1.95. The molecular formula is C20H21N3O3S. The Labute approximate surface area is 163 Å². The molecule has 1 fully saturated rings. The highest BCUT2D eigenvalue weighted by molar-refractivity contribution is 8.18. The minimum absolute atomic E-state index is 0.313. The van der Waals surface area contributed by atoms with E-state index >= 15 is 0 Å². The molecule has 2 amide bonds. The summed E-state index contributed by atoms with van der Waals surface area (Å²) < 4.78 is 5.76. The van der Waals surface area contributed by atoms with E-state index in [-0.39, 0.29) is 5.24 Å². The summed E-state index contributed by atoms with van der Waals surface area (Å²) in [6.07, 6.45) is 14.2. The van der Waals surface area contributed by atoms with Crippen LogP contribution in [0.15, 0.2) is 59.4 Å². The van der Waals surface area contributed by atoms with Crippen LogP contribution in [0.4, 0.5) is 10.6 Å². The van der Waals surface area contributed by atoms with Crippen LogP contribution in [0.1, 0.15) is 6.92 Å². The van der Waals surface area contributed by atoms with Crippen molar-refractivity contribution in [2.45, 2.75) is 6.92 Å². The van der Waals surface area contributed by atoms with Crippen LogP contribution in [-0.4, -0.2) is 36.3 Å². The van der Waals surface area contributed by atoms with Crippen LogP contribution < -0.4 is 10.2 Å². The van der Waals surface area contributed by atoms with Gasteiger partial charge in [0.1, 0.15) is 18.2 Å². The zero-order valence-electron chi connectivity index (χ0n) is 15.2. The highest BCUT2D eigenvalue weighted by atomic mass is 32.2. The SMILES string of the molecule is C#CC(/C=C\C(=C/C)OCCN(C)c1ccccn1)/C=C1/SC(=O)NC1=O. The number of aromatic nitrogens is 1. The van der Waals surface area contributed by atoms with E-state index < -0.39 is 11.8 Å². The van der Waals surface area contributed by atoms with Gasteiger partial charge in [0, 0.05) is 13.2 Å². The summed E-state index contributed by atoms with van der Waals surface area (Å²) in [6.45, 7) is 3.01. The Morgan fingerprint density at radius 2 is 2.30 bits per heavy atom. The largest absolute Gasteiger partial charge is 0.492 e. The van der Waals surface area contributed by atoms with Gasteiger partial charge in [0.05, 0.1) is 17.4 Å². The van der Waals surface area contributed by atoms with Crippen molar-refractivity contribution in [2.75, 3.05) is 25.1 Å². The second-order valence-electron chi connectivity index (χ2n) is 5.58. The average molecular weight is 383 g/mol. The van der Waals surface area contributed by atoms with Gasteiger partial charge in [0.2, 0.25) is 0 Å². The normalized spacial score (nSPS) is 17.1. The maximum Gasteiger partial charge on any atom is 0.290 e. The minimum Gasteiger partial charge on any atom is -0.492 e. The first-order valence-corrected chi connectivity index (χ1v) is 9.15. The molecule has 0 radical (unpaired) electrons. The smallest absolute Gasteiger partial charge is 0.290 e. The molecule has 1 aromatic rings. The van der Waals surface area contributed by atoms with Gasteiger partial charge in [-0.2, -0.15) is 0 Å². The Kier molecular flexibility index (Phi) is 7.71. The molecule has 1 saturated heterocycles. The second kappa shape index (κ2) is 10.2.